The van der Waals surface area contributed by atoms with Gasteiger partial charge in [-0.3, -0.25) is 14.9 Å². The number of anilines is 1. The Morgan fingerprint density at radius 3 is 2.58 bits per heavy atom. The van der Waals surface area contributed by atoms with Crippen LogP contribution in [0.15, 0.2) is 4.52 Å². The van der Waals surface area contributed by atoms with Crippen LogP contribution in [0, 0.1) is 24.0 Å². The maximum absolute atomic E-state index is 12.5. The molecule has 1 amide bonds. The van der Waals surface area contributed by atoms with Gasteiger partial charge in [-0.05, 0) is 26.3 Å². The minimum Gasteiger partial charge on any atom is -0.462 e. The molecule has 0 aliphatic carbocycles. The van der Waals surface area contributed by atoms with E-state index in [0.717, 1.165) is 4.88 Å². The van der Waals surface area contributed by atoms with Crippen LogP contribution < -0.4 is 5.32 Å². The number of aryl methyl sites for hydroxylation is 1. The molecule has 9 nitrogen and oxygen atoms in total. The van der Waals surface area contributed by atoms with Gasteiger partial charge in [0, 0.05) is 10.8 Å². The van der Waals surface area contributed by atoms with E-state index in [1.165, 1.54) is 11.3 Å². The number of nitrogens with one attached hydrogen (secondary N) is 1. The van der Waals surface area contributed by atoms with E-state index in [2.05, 4.69) is 10.5 Å². The van der Waals surface area contributed by atoms with Crippen LogP contribution in [0.5, 0.6) is 0 Å². The first-order valence-electron chi connectivity index (χ1n) is 7.91. The predicted octanol–water partition coefficient (Wildman–Crippen LogP) is 3.81. The number of esters is 1. The summed E-state index contributed by atoms with van der Waals surface area (Å²) in [7, 11) is 0. The van der Waals surface area contributed by atoms with Gasteiger partial charge in [-0.1, -0.05) is 19.0 Å². The van der Waals surface area contributed by atoms with Crippen molar-refractivity contribution in [3.8, 4) is 0 Å². The number of carbonyl (C=O) groups excluding carboxylic acids is 2. The van der Waals surface area contributed by atoms with Crippen molar-refractivity contribution in [1.82, 2.24) is 5.16 Å². The van der Waals surface area contributed by atoms with E-state index in [-0.39, 0.29) is 28.8 Å². The lowest BCUT2D eigenvalue weighted by Crippen LogP contribution is -2.16. The summed E-state index contributed by atoms with van der Waals surface area (Å²) in [5.74, 6) is -1.68. The summed E-state index contributed by atoms with van der Waals surface area (Å²) in [4.78, 5) is 36.2. The first kappa shape index (κ1) is 19.6. The van der Waals surface area contributed by atoms with E-state index < -0.39 is 28.2 Å². The van der Waals surface area contributed by atoms with Crippen molar-refractivity contribution in [2.75, 3.05) is 11.9 Å². The molecule has 10 heteroatoms. The summed E-state index contributed by atoms with van der Waals surface area (Å²) in [5, 5.41) is 17.7. The van der Waals surface area contributed by atoms with E-state index >= 15 is 0 Å². The molecule has 0 bridgehead atoms. The fraction of sp³-hybridized carbons (Fsp3) is 0.438. The quantitative estimate of drug-likeness (QED) is 0.458. The van der Waals surface area contributed by atoms with Gasteiger partial charge >= 0.3 is 11.7 Å². The lowest BCUT2D eigenvalue weighted by Gasteiger charge is -2.06. The van der Waals surface area contributed by atoms with Crippen LogP contribution in [0.2, 0.25) is 0 Å². The fourth-order valence-electron chi connectivity index (χ4n) is 2.33. The molecule has 0 aliphatic heterocycles. The molecule has 0 spiro atoms. The highest BCUT2D eigenvalue weighted by atomic mass is 32.1. The van der Waals surface area contributed by atoms with E-state index in [0.29, 0.717) is 5.56 Å². The van der Waals surface area contributed by atoms with Gasteiger partial charge in [0.25, 0.3) is 5.91 Å². The van der Waals surface area contributed by atoms with Crippen molar-refractivity contribution in [2.45, 2.75) is 40.5 Å². The first-order valence-corrected chi connectivity index (χ1v) is 8.73. The smallest absolute Gasteiger partial charge is 0.344 e. The number of amides is 1. The molecule has 0 saturated heterocycles. The average Bonchev–Trinajstić information content (AvgIpc) is 3.10. The highest BCUT2D eigenvalue weighted by Crippen LogP contribution is 2.35. The molecule has 2 aromatic rings. The molecule has 0 aromatic carbocycles. The molecule has 26 heavy (non-hydrogen) atoms. The molecule has 1 N–H and O–H groups in total. The second-order valence-corrected chi connectivity index (χ2v) is 7.04. The van der Waals surface area contributed by atoms with E-state index in [9.17, 15) is 19.7 Å². The Morgan fingerprint density at radius 1 is 1.38 bits per heavy atom. The van der Waals surface area contributed by atoms with Crippen molar-refractivity contribution in [3.63, 3.8) is 0 Å². The third-order valence-electron chi connectivity index (χ3n) is 3.71. The second-order valence-electron chi connectivity index (χ2n) is 5.82. The summed E-state index contributed by atoms with van der Waals surface area (Å²) < 4.78 is 10.0. The molecule has 0 saturated carbocycles. The molecule has 0 fully saturated rings. The Bertz CT molecular complexity index is 868. The number of ether oxygens (including phenoxy) is 1. The van der Waals surface area contributed by atoms with Crippen molar-refractivity contribution >= 4 is 33.9 Å². The Balaban J connectivity index is 2.42. The summed E-state index contributed by atoms with van der Waals surface area (Å²) in [6, 6.07) is 0. The molecule has 2 heterocycles. The number of nitro groups is 1. The number of aromatic nitrogens is 1. The third-order valence-corrected chi connectivity index (χ3v) is 4.83. The minimum atomic E-state index is -0.820. The number of thiophene rings is 1. The van der Waals surface area contributed by atoms with Crippen LogP contribution in [0.3, 0.4) is 0 Å². The molecule has 0 atom stereocenters. The average molecular weight is 381 g/mol. The molecular weight excluding hydrogens is 362 g/mol. The van der Waals surface area contributed by atoms with Crippen LogP contribution in [0.1, 0.15) is 63.7 Å². The standard InChI is InChI=1S/C16H19N3O6S/c1-6-24-16(21)10-8(4)9(5)26-15(10)17-14(20)11-12(19(22)23)13(7(2)3)25-18-11/h7H,6H2,1-5H3,(H,17,20). The predicted molar refractivity (Wildman–Crippen MR) is 94.9 cm³/mol. The zero-order valence-electron chi connectivity index (χ0n) is 15.0. The Labute approximate surface area is 153 Å². The van der Waals surface area contributed by atoms with Gasteiger partial charge in [-0.15, -0.1) is 11.3 Å². The fourth-order valence-corrected chi connectivity index (χ4v) is 3.37. The van der Waals surface area contributed by atoms with Crippen LogP contribution in [-0.4, -0.2) is 28.6 Å². The van der Waals surface area contributed by atoms with Gasteiger partial charge in [0.15, 0.2) is 0 Å². The number of hydrogen-bond donors (Lipinski definition) is 1. The van der Waals surface area contributed by atoms with Crippen molar-refractivity contribution in [3.05, 3.63) is 37.6 Å². The van der Waals surface area contributed by atoms with Crippen LogP contribution in [-0.2, 0) is 4.74 Å². The van der Waals surface area contributed by atoms with Crippen molar-refractivity contribution in [1.29, 1.82) is 0 Å². The Kier molecular flexibility index (Phi) is 5.76. The SMILES string of the molecule is CCOC(=O)c1c(NC(=O)c2noc(C(C)C)c2[N+](=O)[O-])sc(C)c1C. The largest absolute Gasteiger partial charge is 0.462 e. The van der Waals surface area contributed by atoms with Crippen LogP contribution in [0.25, 0.3) is 0 Å². The molecule has 0 radical (unpaired) electrons. The number of hydrogen-bond acceptors (Lipinski definition) is 8. The van der Waals surface area contributed by atoms with Crippen LogP contribution in [0.4, 0.5) is 10.7 Å². The number of carbonyl (C=O) groups is 2. The lowest BCUT2D eigenvalue weighted by molar-refractivity contribution is -0.386. The molecule has 0 unspecified atom stereocenters. The maximum Gasteiger partial charge on any atom is 0.344 e. The van der Waals surface area contributed by atoms with Gasteiger partial charge in [-0.2, -0.15) is 0 Å². The van der Waals surface area contributed by atoms with Crippen LogP contribution >= 0.6 is 11.3 Å². The Hall–Kier alpha value is -2.75. The molecular formula is C16H19N3O6S. The number of nitrogens with zero attached hydrogens (tertiary/aromatic N) is 2. The summed E-state index contributed by atoms with van der Waals surface area (Å²) in [6.45, 7) is 8.79. The summed E-state index contributed by atoms with van der Waals surface area (Å²) in [5.41, 5.74) is 0.0107. The zero-order chi connectivity index (χ0) is 19.6. The van der Waals surface area contributed by atoms with Gasteiger partial charge < -0.3 is 14.6 Å². The Morgan fingerprint density at radius 2 is 2.04 bits per heavy atom. The normalized spacial score (nSPS) is 10.8. The van der Waals surface area contributed by atoms with E-state index in [4.69, 9.17) is 9.26 Å². The van der Waals surface area contributed by atoms with Crippen molar-refractivity contribution in [2.24, 2.45) is 0 Å². The minimum absolute atomic E-state index is 0.0179. The first-order chi connectivity index (χ1) is 12.2. The van der Waals surface area contributed by atoms with E-state index in [1.807, 2.05) is 0 Å². The highest BCUT2D eigenvalue weighted by Gasteiger charge is 2.34. The summed E-state index contributed by atoms with van der Waals surface area (Å²) >= 11 is 1.18. The third kappa shape index (κ3) is 3.59. The second kappa shape index (κ2) is 7.65. The summed E-state index contributed by atoms with van der Waals surface area (Å²) in [6.07, 6.45) is 0. The van der Waals surface area contributed by atoms with Crippen molar-refractivity contribution < 1.29 is 23.8 Å². The van der Waals surface area contributed by atoms with Gasteiger partial charge in [0.1, 0.15) is 5.00 Å². The molecule has 140 valence electrons. The van der Waals surface area contributed by atoms with Gasteiger partial charge in [-0.25, -0.2) is 4.79 Å². The number of rotatable bonds is 6. The van der Waals surface area contributed by atoms with Gasteiger partial charge in [0.05, 0.1) is 17.1 Å². The van der Waals surface area contributed by atoms with Gasteiger partial charge in [0.2, 0.25) is 11.5 Å². The maximum atomic E-state index is 12.5. The zero-order valence-corrected chi connectivity index (χ0v) is 15.9. The topological polar surface area (TPSA) is 125 Å². The monoisotopic (exact) mass is 381 g/mol. The molecule has 0 aliphatic rings. The lowest BCUT2D eigenvalue weighted by atomic mass is 10.1. The van der Waals surface area contributed by atoms with E-state index in [1.54, 1.807) is 34.6 Å². The molecule has 2 rings (SSSR count). The highest BCUT2D eigenvalue weighted by molar-refractivity contribution is 7.16. The molecule has 2 aromatic heterocycles.